The van der Waals surface area contributed by atoms with Gasteiger partial charge in [-0.05, 0) is 12.8 Å². The minimum Gasteiger partial charge on any atom is -0.300 e. The Labute approximate surface area is 114 Å². The molecule has 0 aliphatic heterocycles. The molecule has 0 spiro atoms. The summed E-state index contributed by atoms with van der Waals surface area (Å²) in [5.74, 6) is 0.0211. The summed E-state index contributed by atoms with van der Waals surface area (Å²) in [6, 6.07) is 0. The zero-order chi connectivity index (χ0) is 14.7. The quantitative estimate of drug-likeness (QED) is 0.695. The molecular formula is C15H24O4. The standard InChI is InChI=1S/C9H14O3.C6H10O/c1-3-7(10)5-9(12)6-8(11)4-2;7-6-4-2-1-3-5-6/h3-6H2,1-2H3;1-5H2. The summed E-state index contributed by atoms with van der Waals surface area (Å²) in [7, 11) is 0. The first kappa shape index (κ1) is 17.7. The Bertz CT molecular complexity index is 303. The van der Waals surface area contributed by atoms with E-state index in [1.165, 1.54) is 6.42 Å². The largest absolute Gasteiger partial charge is 0.300 e. The minimum absolute atomic E-state index is 0.0811. The predicted octanol–water partition coefficient (Wildman–Crippen LogP) is 2.81. The highest BCUT2D eigenvalue weighted by molar-refractivity contribution is 6.07. The first-order valence-electron chi connectivity index (χ1n) is 7.06. The van der Waals surface area contributed by atoms with Gasteiger partial charge in [-0.25, -0.2) is 0 Å². The van der Waals surface area contributed by atoms with Gasteiger partial charge in [0.2, 0.25) is 0 Å². The van der Waals surface area contributed by atoms with Crippen LogP contribution in [-0.4, -0.2) is 23.1 Å². The minimum atomic E-state index is -0.256. The molecule has 1 fully saturated rings. The van der Waals surface area contributed by atoms with Gasteiger partial charge in [0, 0.05) is 25.7 Å². The van der Waals surface area contributed by atoms with Crippen molar-refractivity contribution in [3.8, 4) is 0 Å². The summed E-state index contributed by atoms with van der Waals surface area (Å²) < 4.78 is 0. The molecule has 0 unspecified atom stereocenters. The molecule has 0 heterocycles. The van der Waals surface area contributed by atoms with Gasteiger partial charge in [0.05, 0.1) is 12.8 Å². The molecule has 0 aromatic heterocycles. The van der Waals surface area contributed by atoms with E-state index in [1.54, 1.807) is 13.8 Å². The highest BCUT2D eigenvalue weighted by Crippen LogP contribution is 2.12. The fourth-order valence-corrected chi connectivity index (χ4v) is 1.70. The van der Waals surface area contributed by atoms with Crippen molar-refractivity contribution in [1.82, 2.24) is 0 Å². The second kappa shape index (κ2) is 10.6. The van der Waals surface area contributed by atoms with Crippen molar-refractivity contribution in [3.63, 3.8) is 0 Å². The molecule has 1 aliphatic rings. The van der Waals surface area contributed by atoms with Gasteiger partial charge in [-0.15, -0.1) is 0 Å². The molecule has 0 aromatic rings. The predicted molar refractivity (Wildman–Crippen MR) is 72.9 cm³/mol. The van der Waals surface area contributed by atoms with Gasteiger partial charge in [-0.3, -0.25) is 19.2 Å². The maximum Gasteiger partial charge on any atom is 0.147 e. The molecule has 0 N–H and O–H groups in total. The third kappa shape index (κ3) is 10.3. The van der Waals surface area contributed by atoms with Gasteiger partial charge in [0.25, 0.3) is 0 Å². The van der Waals surface area contributed by atoms with Gasteiger partial charge < -0.3 is 0 Å². The second-order valence-corrected chi connectivity index (χ2v) is 4.78. The van der Waals surface area contributed by atoms with Crippen LogP contribution in [0.25, 0.3) is 0 Å². The van der Waals surface area contributed by atoms with E-state index in [-0.39, 0.29) is 30.2 Å². The van der Waals surface area contributed by atoms with Crippen molar-refractivity contribution in [2.24, 2.45) is 0 Å². The van der Waals surface area contributed by atoms with E-state index in [2.05, 4.69) is 0 Å². The van der Waals surface area contributed by atoms with E-state index in [0.717, 1.165) is 25.7 Å². The molecule has 19 heavy (non-hydrogen) atoms. The average molecular weight is 268 g/mol. The van der Waals surface area contributed by atoms with E-state index < -0.39 is 0 Å². The lowest BCUT2D eigenvalue weighted by molar-refractivity contribution is -0.130. The summed E-state index contributed by atoms with van der Waals surface area (Å²) in [4.78, 5) is 42.9. The molecule has 0 radical (unpaired) electrons. The average Bonchev–Trinajstić information content (AvgIpc) is 2.39. The lowest BCUT2D eigenvalue weighted by Crippen LogP contribution is -2.11. The zero-order valence-electron chi connectivity index (χ0n) is 12.0. The molecular weight excluding hydrogens is 244 g/mol. The van der Waals surface area contributed by atoms with E-state index >= 15 is 0 Å². The Kier molecular flexibility index (Phi) is 9.85. The molecule has 108 valence electrons. The molecule has 1 aliphatic carbocycles. The van der Waals surface area contributed by atoms with Gasteiger partial charge in [-0.1, -0.05) is 20.3 Å². The van der Waals surface area contributed by atoms with Gasteiger partial charge in [0.15, 0.2) is 0 Å². The SMILES string of the molecule is CCC(=O)CC(=O)CC(=O)CC.O=C1CCCCC1. The van der Waals surface area contributed by atoms with Crippen molar-refractivity contribution >= 4 is 23.1 Å². The van der Waals surface area contributed by atoms with E-state index in [1.807, 2.05) is 0 Å². The summed E-state index contributed by atoms with van der Waals surface area (Å²) in [5.41, 5.74) is 0. The number of hydrogen-bond acceptors (Lipinski definition) is 4. The van der Waals surface area contributed by atoms with Crippen LogP contribution in [-0.2, 0) is 19.2 Å². The molecule has 1 rings (SSSR count). The van der Waals surface area contributed by atoms with Gasteiger partial charge in [0.1, 0.15) is 23.1 Å². The Morgan fingerprint density at radius 2 is 1.21 bits per heavy atom. The highest BCUT2D eigenvalue weighted by Gasteiger charge is 2.10. The Morgan fingerprint density at radius 1 is 0.789 bits per heavy atom. The van der Waals surface area contributed by atoms with Crippen molar-refractivity contribution in [3.05, 3.63) is 0 Å². The normalized spacial score (nSPS) is 14.3. The number of hydrogen-bond donors (Lipinski definition) is 0. The van der Waals surface area contributed by atoms with Crippen molar-refractivity contribution in [2.45, 2.75) is 71.6 Å². The van der Waals surface area contributed by atoms with E-state index in [4.69, 9.17) is 0 Å². The zero-order valence-corrected chi connectivity index (χ0v) is 12.0. The number of rotatable bonds is 6. The molecule has 0 bridgehead atoms. The maximum atomic E-state index is 10.9. The summed E-state index contributed by atoms with van der Waals surface area (Å²) in [6.45, 7) is 3.41. The summed E-state index contributed by atoms with van der Waals surface area (Å²) in [5, 5.41) is 0. The first-order valence-corrected chi connectivity index (χ1v) is 7.06. The fourth-order valence-electron chi connectivity index (χ4n) is 1.70. The maximum absolute atomic E-state index is 10.9. The van der Waals surface area contributed by atoms with E-state index in [0.29, 0.717) is 18.6 Å². The fraction of sp³-hybridized carbons (Fsp3) is 0.733. The van der Waals surface area contributed by atoms with Crippen LogP contribution in [0.15, 0.2) is 0 Å². The number of Topliss-reactive ketones (excluding diaryl/α,β-unsaturated/α-hetero) is 4. The molecule has 0 atom stereocenters. The number of carbonyl (C=O) groups excluding carboxylic acids is 4. The highest BCUT2D eigenvalue weighted by atomic mass is 16.2. The van der Waals surface area contributed by atoms with Crippen LogP contribution in [0.2, 0.25) is 0 Å². The smallest absolute Gasteiger partial charge is 0.147 e. The number of ketones is 4. The topological polar surface area (TPSA) is 68.3 Å². The third-order valence-corrected chi connectivity index (χ3v) is 2.99. The van der Waals surface area contributed by atoms with Crippen LogP contribution in [0.4, 0.5) is 0 Å². The lowest BCUT2D eigenvalue weighted by atomic mass is 10.00. The van der Waals surface area contributed by atoms with Crippen LogP contribution in [0, 0.1) is 0 Å². The lowest BCUT2D eigenvalue weighted by Gasteiger charge is -2.05. The third-order valence-electron chi connectivity index (χ3n) is 2.99. The van der Waals surface area contributed by atoms with Crippen molar-refractivity contribution < 1.29 is 19.2 Å². The Hall–Kier alpha value is -1.32. The number of carbonyl (C=O) groups is 4. The molecule has 0 saturated heterocycles. The second-order valence-electron chi connectivity index (χ2n) is 4.78. The van der Waals surface area contributed by atoms with Gasteiger partial charge in [-0.2, -0.15) is 0 Å². The molecule has 4 heteroatoms. The monoisotopic (exact) mass is 268 g/mol. The summed E-state index contributed by atoms with van der Waals surface area (Å²) in [6.07, 6.45) is 5.81. The Balaban J connectivity index is 0.000000388. The van der Waals surface area contributed by atoms with Crippen LogP contribution < -0.4 is 0 Å². The molecule has 0 aromatic carbocycles. The van der Waals surface area contributed by atoms with Crippen LogP contribution >= 0.6 is 0 Å². The molecule has 4 nitrogen and oxygen atoms in total. The summed E-state index contributed by atoms with van der Waals surface area (Å²) >= 11 is 0. The van der Waals surface area contributed by atoms with Gasteiger partial charge >= 0.3 is 0 Å². The van der Waals surface area contributed by atoms with Crippen LogP contribution in [0.3, 0.4) is 0 Å². The molecule has 1 saturated carbocycles. The van der Waals surface area contributed by atoms with E-state index in [9.17, 15) is 19.2 Å². The van der Waals surface area contributed by atoms with Crippen LogP contribution in [0.1, 0.15) is 71.6 Å². The molecule has 0 amide bonds. The van der Waals surface area contributed by atoms with Crippen LogP contribution in [0.5, 0.6) is 0 Å². The van der Waals surface area contributed by atoms with Crippen molar-refractivity contribution in [2.75, 3.05) is 0 Å². The van der Waals surface area contributed by atoms with Crippen molar-refractivity contribution in [1.29, 1.82) is 0 Å². The Morgan fingerprint density at radius 3 is 1.47 bits per heavy atom. The first-order chi connectivity index (χ1) is 8.99.